The number of hydrogen-bond acceptors (Lipinski definition) is 4. The van der Waals surface area contributed by atoms with Gasteiger partial charge in [-0.1, -0.05) is 6.07 Å². The van der Waals surface area contributed by atoms with E-state index in [9.17, 15) is 15.0 Å². The normalized spacial score (nSPS) is 10.7. The van der Waals surface area contributed by atoms with Crippen LogP contribution in [0.5, 0.6) is 17.2 Å². The highest BCUT2D eigenvalue weighted by atomic mass is 16.5. The third-order valence-electron chi connectivity index (χ3n) is 3.04. The minimum absolute atomic E-state index is 0.146. The average molecular weight is 254 g/mol. The fraction of sp³-hybridized carbons (Fsp3) is 0. The summed E-state index contributed by atoms with van der Waals surface area (Å²) in [6, 6.07) is 12.0. The van der Waals surface area contributed by atoms with Crippen molar-refractivity contribution >= 4 is 28.0 Å². The first-order valence-electron chi connectivity index (χ1n) is 5.67. The maximum Gasteiger partial charge on any atom is 0.298 e. The molecule has 19 heavy (non-hydrogen) atoms. The molecule has 3 aromatic carbocycles. The van der Waals surface area contributed by atoms with Gasteiger partial charge in [0.15, 0.2) is 11.5 Å². The number of aromatic hydroxyl groups is 2. The number of rotatable bonds is 2. The maximum absolute atomic E-state index is 10.3. The van der Waals surface area contributed by atoms with Gasteiger partial charge in [0.2, 0.25) is 0 Å². The second-order valence-corrected chi connectivity index (χ2v) is 4.26. The zero-order chi connectivity index (χ0) is 13.4. The first-order valence-corrected chi connectivity index (χ1v) is 5.67. The van der Waals surface area contributed by atoms with Gasteiger partial charge in [0.05, 0.1) is 0 Å². The van der Waals surface area contributed by atoms with Crippen LogP contribution in [0.2, 0.25) is 0 Å². The molecule has 0 bridgehead atoms. The summed E-state index contributed by atoms with van der Waals surface area (Å²) < 4.78 is 4.80. The lowest BCUT2D eigenvalue weighted by Gasteiger charge is -2.06. The molecule has 0 fully saturated rings. The fourth-order valence-electron chi connectivity index (χ4n) is 2.13. The molecule has 94 valence electrons. The van der Waals surface area contributed by atoms with Crippen LogP contribution in [0.3, 0.4) is 0 Å². The van der Waals surface area contributed by atoms with Crippen LogP contribution in [0, 0.1) is 0 Å². The van der Waals surface area contributed by atoms with Gasteiger partial charge in [0.1, 0.15) is 5.75 Å². The molecule has 0 aliphatic rings. The largest absolute Gasteiger partial charge is 0.504 e. The predicted molar refractivity (Wildman–Crippen MR) is 71.5 cm³/mol. The van der Waals surface area contributed by atoms with Crippen LogP contribution in [-0.4, -0.2) is 16.7 Å². The van der Waals surface area contributed by atoms with Crippen LogP contribution in [0.1, 0.15) is 0 Å². The van der Waals surface area contributed by atoms with Crippen LogP contribution in [0.4, 0.5) is 0 Å². The summed E-state index contributed by atoms with van der Waals surface area (Å²) in [5.41, 5.74) is 0. The van der Waals surface area contributed by atoms with E-state index in [0.717, 1.165) is 21.5 Å². The van der Waals surface area contributed by atoms with Gasteiger partial charge < -0.3 is 14.9 Å². The molecule has 0 aromatic heterocycles. The van der Waals surface area contributed by atoms with Crippen LogP contribution in [-0.2, 0) is 4.79 Å². The Labute approximate surface area is 108 Å². The highest BCUT2D eigenvalue weighted by Gasteiger charge is 2.05. The Bertz CT molecular complexity index is 793. The molecule has 4 heteroatoms. The maximum atomic E-state index is 10.3. The highest BCUT2D eigenvalue weighted by molar-refractivity contribution is 5.99. The van der Waals surface area contributed by atoms with Gasteiger partial charge in [0.25, 0.3) is 6.47 Å². The highest BCUT2D eigenvalue weighted by Crippen LogP contribution is 2.33. The topological polar surface area (TPSA) is 66.8 Å². The SMILES string of the molecule is O=COc1ccc2cc3cc(O)c(O)cc3cc2c1. The summed E-state index contributed by atoms with van der Waals surface area (Å²) in [6.07, 6.45) is 0. The van der Waals surface area contributed by atoms with Gasteiger partial charge in [0, 0.05) is 0 Å². The minimum atomic E-state index is -0.160. The molecule has 2 N–H and O–H groups in total. The van der Waals surface area contributed by atoms with E-state index in [4.69, 9.17) is 4.74 Å². The zero-order valence-electron chi connectivity index (χ0n) is 9.83. The van der Waals surface area contributed by atoms with Gasteiger partial charge in [-0.3, -0.25) is 4.79 Å². The number of carbonyl (C=O) groups excluding carboxylic acids is 1. The summed E-state index contributed by atoms with van der Waals surface area (Å²) in [5.74, 6) is 0.157. The first-order chi connectivity index (χ1) is 9.17. The molecule has 0 saturated heterocycles. The van der Waals surface area contributed by atoms with Crippen molar-refractivity contribution in [3.8, 4) is 17.2 Å². The summed E-state index contributed by atoms with van der Waals surface area (Å²) in [6.45, 7) is 0.381. The number of phenols is 2. The quantitative estimate of drug-likeness (QED) is 0.419. The van der Waals surface area contributed by atoms with Crippen molar-refractivity contribution in [3.05, 3.63) is 42.5 Å². The molecule has 0 atom stereocenters. The molecule has 0 amide bonds. The molecular formula is C15H10O4. The molecular weight excluding hydrogens is 244 g/mol. The lowest BCUT2D eigenvalue weighted by molar-refractivity contribution is -0.120. The number of benzene rings is 3. The number of ether oxygens (including phenoxy) is 1. The van der Waals surface area contributed by atoms with E-state index in [0.29, 0.717) is 12.2 Å². The van der Waals surface area contributed by atoms with Crippen LogP contribution < -0.4 is 4.74 Å². The Morgan fingerprint density at radius 3 is 2.00 bits per heavy atom. The minimum Gasteiger partial charge on any atom is -0.504 e. The van der Waals surface area contributed by atoms with Crippen molar-refractivity contribution in [1.82, 2.24) is 0 Å². The summed E-state index contributed by atoms with van der Waals surface area (Å²) in [7, 11) is 0. The Balaban J connectivity index is 2.28. The lowest BCUT2D eigenvalue weighted by Crippen LogP contribution is -1.87. The van der Waals surface area contributed by atoms with E-state index in [1.807, 2.05) is 18.2 Å². The van der Waals surface area contributed by atoms with Crippen molar-refractivity contribution in [1.29, 1.82) is 0 Å². The van der Waals surface area contributed by atoms with Crippen LogP contribution in [0.15, 0.2) is 42.5 Å². The molecule has 0 spiro atoms. The summed E-state index contributed by atoms with van der Waals surface area (Å²) in [5, 5.41) is 22.5. The zero-order valence-corrected chi connectivity index (χ0v) is 9.83. The van der Waals surface area contributed by atoms with Gasteiger partial charge in [-0.25, -0.2) is 0 Å². The van der Waals surface area contributed by atoms with E-state index < -0.39 is 0 Å². The van der Waals surface area contributed by atoms with Gasteiger partial charge in [-0.15, -0.1) is 0 Å². The molecule has 0 unspecified atom stereocenters. The fourth-order valence-corrected chi connectivity index (χ4v) is 2.13. The molecule has 0 aliphatic heterocycles. The monoisotopic (exact) mass is 254 g/mol. The van der Waals surface area contributed by atoms with E-state index >= 15 is 0 Å². The van der Waals surface area contributed by atoms with E-state index in [1.54, 1.807) is 12.1 Å². The number of fused-ring (bicyclic) bond motifs is 2. The summed E-state index contributed by atoms with van der Waals surface area (Å²) >= 11 is 0. The molecule has 0 aliphatic carbocycles. The van der Waals surface area contributed by atoms with Crippen molar-refractivity contribution in [2.75, 3.05) is 0 Å². The Morgan fingerprint density at radius 2 is 1.37 bits per heavy atom. The second-order valence-electron chi connectivity index (χ2n) is 4.26. The second kappa shape index (κ2) is 4.17. The molecule has 3 rings (SSSR count). The van der Waals surface area contributed by atoms with Crippen molar-refractivity contribution < 1.29 is 19.7 Å². The van der Waals surface area contributed by atoms with Gasteiger partial charge in [-0.2, -0.15) is 0 Å². The average Bonchev–Trinajstić information content (AvgIpc) is 2.38. The molecule has 0 saturated carbocycles. The van der Waals surface area contributed by atoms with E-state index in [2.05, 4.69) is 0 Å². The predicted octanol–water partition coefficient (Wildman–Crippen LogP) is 2.94. The van der Waals surface area contributed by atoms with Crippen LogP contribution in [0.25, 0.3) is 21.5 Å². The lowest BCUT2D eigenvalue weighted by atomic mass is 10.0. The van der Waals surface area contributed by atoms with Gasteiger partial charge in [-0.05, 0) is 57.9 Å². The number of carbonyl (C=O) groups is 1. The number of phenolic OH excluding ortho intramolecular Hbond substituents is 2. The van der Waals surface area contributed by atoms with Crippen molar-refractivity contribution in [2.45, 2.75) is 0 Å². The molecule has 3 aromatic rings. The standard InChI is InChI=1S/C15H10O4/c16-8-19-13-2-1-9-3-11-6-14(17)15(18)7-12(11)4-10(9)5-13/h1-8,17-18H. The van der Waals surface area contributed by atoms with E-state index in [1.165, 1.54) is 12.1 Å². The molecule has 0 heterocycles. The van der Waals surface area contributed by atoms with Crippen molar-refractivity contribution in [3.63, 3.8) is 0 Å². The van der Waals surface area contributed by atoms with Crippen LogP contribution >= 0.6 is 0 Å². The Hall–Kier alpha value is -2.75. The first kappa shape index (κ1) is 11.3. The third-order valence-corrected chi connectivity index (χ3v) is 3.04. The Morgan fingerprint density at radius 1 is 0.789 bits per heavy atom. The Kier molecular flexibility index (Phi) is 2.49. The number of hydrogen-bond donors (Lipinski definition) is 2. The molecule has 4 nitrogen and oxygen atoms in total. The third kappa shape index (κ3) is 1.93. The smallest absolute Gasteiger partial charge is 0.298 e. The van der Waals surface area contributed by atoms with Crippen molar-refractivity contribution in [2.24, 2.45) is 0 Å². The van der Waals surface area contributed by atoms with Gasteiger partial charge >= 0.3 is 0 Å². The van der Waals surface area contributed by atoms with E-state index in [-0.39, 0.29) is 11.5 Å². The summed E-state index contributed by atoms with van der Waals surface area (Å²) in [4.78, 5) is 10.3. The molecule has 0 radical (unpaired) electrons.